The molecule has 0 radical (unpaired) electrons. The van der Waals surface area contributed by atoms with Gasteiger partial charge in [0.1, 0.15) is 6.10 Å². The van der Waals surface area contributed by atoms with Crippen LogP contribution in [0.4, 0.5) is 0 Å². The topological polar surface area (TPSA) is 42.0 Å². The van der Waals surface area contributed by atoms with E-state index in [0.717, 1.165) is 25.9 Å². The molecule has 0 saturated carbocycles. The first-order chi connectivity index (χ1) is 8.12. The van der Waals surface area contributed by atoms with Gasteiger partial charge in [-0.25, -0.2) is 0 Å². The number of epoxide rings is 1. The predicted octanol–water partition coefficient (Wildman–Crippen LogP) is 3.33. The summed E-state index contributed by atoms with van der Waals surface area (Å²) in [5.74, 6) is 0. The summed E-state index contributed by atoms with van der Waals surface area (Å²) in [7, 11) is -1.58. The van der Waals surface area contributed by atoms with Crippen LogP contribution >= 0.6 is 0 Å². The minimum absolute atomic E-state index is 0.0638. The molecule has 0 bridgehead atoms. The van der Waals surface area contributed by atoms with Crippen LogP contribution in [0.2, 0.25) is 18.1 Å². The van der Waals surface area contributed by atoms with E-state index in [1.165, 1.54) is 0 Å². The number of rotatable bonds is 7. The van der Waals surface area contributed by atoms with E-state index in [2.05, 4.69) is 40.8 Å². The SMILES string of the molecule is CC(C)(C)[Si](C)(C)OCCCC[C@]1(C)O[C@H]1CO. The van der Waals surface area contributed by atoms with Gasteiger partial charge in [0.15, 0.2) is 8.32 Å². The molecule has 0 aromatic heterocycles. The number of aliphatic hydroxyl groups is 1. The zero-order chi connectivity index (χ0) is 14.0. The molecule has 2 atom stereocenters. The molecule has 3 nitrogen and oxygen atoms in total. The molecule has 0 spiro atoms. The first-order valence-electron chi connectivity index (χ1n) is 7.05. The summed E-state index contributed by atoms with van der Waals surface area (Å²) in [4.78, 5) is 0. The summed E-state index contributed by atoms with van der Waals surface area (Å²) in [5.41, 5.74) is -0.0638. The van der Waals surface area contributed by atoms with E-state index in [-0.39, 0.29) is 18.3 Å². The number of aliphatic hydroxyl groups excluding tert-OH is 1. The second kappa shape index (κ2) is 5.61. The van der Waals surface area contributed by atoms with E-state index in [9.17, 15) is 0 Å². The molecule has 0 unspecified atom stereocenters. The van der Waals surface area contributed by atoms with Gasteiger partial charge in [0.05, 0.1) is 12.2 Å². The Balaban J connectivity index is 2.13. The first-order valence-corrected chi connectivity index (χ1v) is 9.96. The van der Waals surface area contributed by atoms with E-state index in [0.29, 0.717) is 5.04 Å². The lowest BCUT2D eigenvalue weighted by Gasteiger charge is -2.36. The van der Waals surface area contributed by atoms with Crippen molar-refractivity contribution in [2.24, 2.45) is 0 Å². The highest BCUT2D eigenvalue weighted by Crippen LogP contribution is 2.40. The molecule has 1 aliphatic heterocycles. The predicted molar refractivity (Wildman–Crippen MR) is 77.4 cm³/mol. The van der Waals surface area contributed by atoms with Crippen molar-refractivity contribution < 1.29 is 14.3 Å². The van der Waals surface area contributed by atoms with Gasteiger partial charge in [-0.2, -0.15) is 0 Å². The molecular weight excluding hydrogens is 244 g/mol. The zero-order valence-corrected chi connectivity index (χ0v) is 13.9. The average molecular weight is 274 g/mol. The van der Waals surface area contributed by atoms with Crippen LogP contribution in [0.25, 0.3) is 0 Å². The Bertz CT molecular complexity index is 273. The largest absolute Gasteiger partial charge is 0.417 e. The highest BCUT2D eigenvalue weighted by Gasteiger charge is 2.50. The van der Waals surface area contributed by atoms with Crippen molar-refractivity contribution in [3.63, 3.8) is 0 Å². The van der Waals surface area contributed by atoms with E-state index in [4.69, 9.17) is 14.3 Å². The second-order valence-corrected chi connectivity index (χ2v) is 12.0. The Hall–Kier alpha value is 0.0969. The summed E-state index contributed by atoms with van der Waals surface area (Å²) < 4.78 is 11.6. The molecule has 1 aliphatic rings. The van der Waals surface area contributed by atoms with E-state index in [1.54, 1.807) is 0 Å². The molecule has 1 rings (SSSR count). The van der Waals surface area contributed by atoms with Gasteiger partial charge in [0, 0.05) is 6.61 Å². The molecule has 1 saturated heterocycles. The maximum atomic E-state index is 9.00. The van der Waals surface area contributed by atoms with Crippen molar-refractivity contribution >= 4 is 8.32 Å². The van der Waals surface area contributed by atoms with Crippen molar-refractivity contribution in [1.82, 2.24) is 0 Å². The standard InChI is InChI=1S/C14H30O3Si/c1-13(2,3)18(5,6)16-10-8-7-9-14(4)12(11-15)17-14/h12,15H,7-11H2,1-6H3/t12-,14-/m0/s1. The van der Waals surface area contributed by atoms with Gasteiger partial charge in [0.25, 0.3) is 0 Å². The number of hydrogen-bond donors (Lipinski definition) is 1. The summed E-state index contributed by atoms with van der Waals surface area (Å²) in [6.45, 7) is 14.5. The lowest BCUT2D eigenvalue weighted by atomic mass is 10.0. The van der Waals surface area contributed by atoms with Crippen molar-refractivity contribution in [1.29, 1.82) is 0 Å². The van der Waals surface area contributed by atoms with Crippen LogP contribution < -0.4 is 0 Å². The van der Waals surface area contributed by atoms with Crippen LogP contribution in [0, 0.1) is 0 Å². The van der Waals surface area contributed by atoms with Crippen LogP contribution in [0.15, 0.2) is 0 Å². The monoisotopic (exact) mass is 274 g/mol. The van der Waals surface area contributed by atoms with E-state index < -0.39 is 8.32 Å². The first kappa shape index (κ1) is 16.2. The minimum atomic E-state index is -1.58. The normalized spacial score (nSPS) is 28.5. The van der Waals surface area contributed by atoms with Gasteiger partial charge < -0.3 is 14.3 Å². The Morgan fingerprint density at radius 2 is 1.89 bits per heavy atom. The van der Waals surface area contributed by atoms with Gasteiger partial charge in [-0.1, -0.05) is 20.8 Å². The van der Waals surface area contributed by atoms with E-state index >= 15 is 0 Å². The number of ether oxygens (including phenoxy) is 1. The summed E-state index contributed by atoms with van der Waals surface area (Å²) in [5, 5.41) is 9.29. The Kier molecular flexibility index (Phi) is 5.04. The summed E-state index contributed by atoms with van der Waals surface area (Å²) in [6.07, 6.45) is 3.29. The second-order valence-electron chi connectivity index (χ2n) is 7.17. The Morgan fingerprint density at radius 1 is 1.28 bits per heavy atom. The average Bonchev–Trinajstić information content (AvgIpc) is 2.87. The highest BCUT2D eigenvalue weighted by molar-refractivity contribution is 6.74. The zero-order valence-electron chi connectivity index (χ0n) is 12.9. The fourth-order valence-corrected chi connectivity index (χ4v) is 2.95. The number of unbranched alkanes of at least 4 members (excludes halogenated alkanes) is 1. The van der Waals surface area contributed by atoms with Crippen molar-refractivity contribution in [2.75, 3.05) is 13.2 Å². The molecule has 108 valence electrons. The van der Waals surface area contributed by atoms with Gasteiger partial charge >= 0.3 is 0 Å². The van der Waals surface area contributed by atoms with Crippen LogP contribution in [0.5, 0.6) is 0 Å². The maximum Gasteiger partial charge on any atom is 0.191 e. The van der Waals surface area contributed by atoms with Gasteiger partial charge in [-0.15, -0.1) is 0 Å². The molecular formula is C14H30O3Si. The Morgan fingerprint density at radius 3 is 2.33 bits per heavy atom. The molecule has 4 heteroatoms. The third kappa shape index (κ3) is 4.05. The lowest BCUT2D eigenvalue weighted by Crippen LogP contribution is -2.40. The Labute approximate surface area is 113 Å². The molecule has 1 heterocycles. The molecule has 0 aliphatic carbocycles. The third-order valence-electron chi connectivity index (χ3n) is 4.54. The van der Waals surface area contributed by atoms with Crippen LogP contribution in [0.1, 0.15) is 47.0 Å². The molecule has 0 amide bonds. The van der Waals surface area contributed by atoms with Crippen molar-refractivity contribution in [3.05, 3.63) is 0 Å². The van der Waals surface area contributed by atoms with E-state index in [1.807, 2.05) is 0 Å². The van der Waals surface area contributed by atoms with Crippen molar-refractivity contribution in [2.45, 2.75) is 76.8 Å². The molecule has 0 aromatic rings. The molecule has 0 aromatic carbocycles. The smallest absolute Gasteiger partial charge is 0.191 e. The fourth-order valence-electron chi connectivity index (χ4n) is 1.86. The van der Waals surface area contributed by atoms with Crippen LogP contribution in [-0.4, -0.2) is 38.3 Å². The van der Waals surface area contributed by atoms with Gasteiger partial charge in [-0.3, -0.25) is 0 Å². The number of hydrogen-bond acceptors (Lipinski definition) is 3. The third-order valence-corrected chi connectivity index (χ3v) is 9.08. The van der Waals surface area contributed by atoms with Gasteiger partial charge in [0.2, 0.25) is 0 Å². The minimum Gasteiger partial charge on any atom is -0.417 e. The van der Waals surface area contributed by atoms with Crippen LogP contribution in [0.3, 0.4) is 0 Å². The van der Waals surface area contributed by atoms with Crippen molar-refractivity contribution in [3.8, 4) is 0 Å². The molecule has 1 fully saturated rings. The maximum absolute atomic E-state index is 9.00. The summed E-state index contributed by atoms with van der Waals surface area (Å²) >= 11 is 0. The fraction of sp³-hybridized carbons (Fsp3) is 1.00. The quantitative estimate of drug-likeness (QED) is 0.440. The van der Waals surface area contributed by atoms with Crippen LogP contribution in [-0.2, 0) is 9.16 Å². The molecule has 1 N–H and O–H groups in total. The highest BCUT2D eigenvalue weighted by atomic mass is 28.4. The summed E-state index contributed by atoms with van der Waals surface area (Å²) in [6, 6.07) is 0. The lowest BCUT2D eigenvalue weighted by molar-refractivity contribution is 0.232. The molecule has 18 heavy (non-hydrogen) atoms. The van der Waals surface area contributed by atoms with Gasteiger partial charge in [-0.05, 0) is 44.3 Å².